The van der Waals surface area contributed by atoms with E-state index in [4.69, 9.17) is 0 Å². The van der Waals surface area contributed by atoms with Crippen LogP contribution in [-0.4, -0.2) is 11.7 Å². The summed E-state index contributed by atoms with van der Waals surface area (Å²) < 4.78 is 12.9. The van der Waals surface area contributed by atoms with Gasteiger partial charge in [-0.1, -0.05) is 45.0 Å². The van der Waals surface area contributed by atoms with Crippen molar-refractivity contribution in [1.29, 1.82) is 0 Å². The van der Waals surface area contributed by atoms with Crippen LogP contribution in [0.3, 0.4) is 0 Å². The Balaban J connectivity index is 1.96. The highest BCUT2D eigenvalue weighted by atomic mass is 32.2. The molecular weight excluding hydrogens is 321 g/mol. The molecule has 1 amide bonds. The number of rotatable bonds is 7. The topological polar surface area (TPSA) is 29.1 Å². The molecule has 0 spiro atoms. The van der Waals surface area contributed by atoms with Crippen LogP contribution < -0.4 is 5.32 Å². The zero-order valence-electron chi connectivity index (χ0n) is 14.4. The summed E-state index contributed by atoms with van der Waals surface area (Å²) in [4.78, 5) is 13.2. The molecule has 0 saturated heterocycles. The molecule has 0 bridgehead atoms. The Morgan fingerprint density at radius 3 is 2.25 bits per heavy atom. The van der Waals surface area contributed by atoms with Gasteiger partial charge in [0.05, 0.1) is 11.8 Å². The van der Waals surface area contributed by atoms with Gasteiger partial charge in [0.2, 0.25) is 5.91 Å². The van der Waals surface area contributed by atoms with E-state index < -0.39 is 0 Å². The van der Waals surface area contributed by atoms with Crippen LogP contribution in [0.25, 0.3) is 0 Å². The Labute approximate surface area is 147 Å². The van der Waals surface area contributed by atoms with E-state index in [1.54, 1.807) is 12.1 Å². The zero-order chi connectivity index (χ0) is 17.5. The van der Waals surface area contributed by atoms with Gasteiger partial charge in [-0.05, 0) is 47.7 Å². The molecule has 2 nitrogen and oxygen atoms in total. The fraction of sp³-hybridized carbons (Fsp3) is 0.350. The summed E-state index contributed by atoms with van der Waals surface area (Å²) in [5.74, 6) is 0.348. The van der Waals surface area contributed by atoms with E-state index in [1.165, 1.54) is 29.5 Å². The van der Waals surface area contributed by atoms with E-state index in [0.29, 0.717) is 11.7 Å². The number of carbonyl (C=O) groups excluding carboxylic acids is 1. The van der Waals surface area contributed by atoms with Crippen molar-refractivity contribution in [2.45, 2.75) is 38.1 Å². The smallest absolute Gasteiger partial charge is 0.230 e. The summed E-state index contributed by atoms with van der Waals surface area (Å²) >= 11 is 1.41. The first-order chi connectivity index (χ1) is 11.5. The number of benzene rings is 2. The monoisotopic (exact) mass is 345 g/mol. The average molecular weight is 345 g/mol. The van der Waals surface area contributed by atoms with Gasteiger partial charge in [-0.3, -0.25) is 4.79 Å². The molecule has 0 aliphatic heterocycles. The molecule has 0 aliphatic carbocycles. The first-order valence-corrected chi connectivity index (χ1v) is 9.24. The normalized spacial score (nSPS) is 12.2. The molecular formula is C20H24FNOS. The highest BCUT2D eigenvalue weighted by molar-refractivity contribution is 8.00. The number of halogens is 1. The molecule has 0 radical (unpaired) electrons. The van der Waals surface area contributed by atoms with E-state index >= 15 is 0 Å². The molecule has 128 valence electrons. The predicted molar refractivity (Wildman–Crippen MR) is 98.7 cm³/mol. The fourth-order valence-corrected chi connectivity index (χ4v) is 3.20. The van der Waals surface area contributed by atoms with Crippen molar-refractivity contribution in [2.24, 2.45) is 5.92 Å². The third-order valence-electron chi connectivity index (χ3n) is 3.91. The van der Waals surface area contributed by atoms with Gasteiger partial charge in [-0.2, -0.15) is 0 Å². The third kappa shape index (κ3) is 5.38. The number of carbonyl (C=O) groups is 1. The average Bonchev–Trinajstić information content (AvgIpc) is 2.59. The molecule has 0 heterocycles. The maximum atomic E-state index is 12.9. The SMILES string of the molecule is CCc1ccc(C(NC(=O)CSc2ccc(F)cc2)C(C)C)cc1. The Morgan fingerprint density at radius 1 is 1.08 bits per heavy atom. The van der Waals surface area contributed by atoms with Gasteiger partial charge in [-0.15, -0.1) is 11.8 Å². The summed E-state index contributed by atoms with van der Waals surface area (Å²) in [5.41, 5.74) is 2.42. The summed E-state index contributed by atoms with van der Waals surface area (Å²) in [6.07, 6.45) is 1.01. The molecule has 1 atom stereocenters. The van der Waals surface area contributed by atoms with Crippen LogP contribution in [0.2, 0.25) is 0 Å². The van der Waals surface area contributed by atoms with Crippen molar-refractivity contribution < 1.29 is 9.18 Å². The van der Waals surface area contributed by atoms with Crippen LogP contribution in [0.15, 0.2) is 53.4 Å². The molecule has 0 fully saturated rings. The number of hydrogen-bond donors (Lipinski definition) is 1. The van der Waals surface area contributed by atoms with E-state index in [0.717, 1.165) is 16.9 Å². The Kier molecular flexibility index (Phi) is 6.85. The van der Waals surface area contributed by atoms with Crippen LogP contribution in [0.4, 0.5) is 4.39 Å². The predicted octanol–water partition coefficient (Wildman–Crippen LogP) is 4.99. The van der Waals surface area contributed by atoms with E-state index in [2.05, 4.69) is 50.4 Å². The van der Waals surface area contributed by atoms with E-state index in [-0.39, 0.29) is 17.8 Å². The molecule has 24 heavy (non-hydrogen) atoms. The van der Waals surface area contributed by atoms with Crippen molar-refractivity contribution >= 4 is 17.7 Å². The summed E-state index contributed by atoms with van der Waals surface area (Å²) in [7, 11) is 0. The van der Waals surface area contributed by atoms with Crippen LogP contribution in [-0.2, 0) is 11.2 Å². The molecule has 1 unspecified atom stereocenters. The number of nitrogens with one attached hydrogen (secondary N) is 1. The molecule has 1 N–H and O–H groups in total. The van der Waals surface area contributed by atoms with E-state index in [1.807, 2.05) is 0 Å². The Morgan fingerprint density at radius 2 is 1.71 bits per heavy atom. The van der Waals surface area contributed by atoms with E-state index in [9.17, 15) is 9.18 Å². The highest BCUT2D eigenvalue weighted by Gasteiger charge is 2.18. The molecule has 0 aromatic heterocycles. The molecule has 2 aromatic carbocycles. The van der Waals surface area contributed by atoms with Crippen LogP contribution in [0.1, 0.15) is 37.9 Å². The lowest BCUT2D eigenvalue weighted by atomic mass is 9.95. The number of amides is 1. The maximum absolute atomic E-state index is 12.9. The van der Waals surface area contributed by atoms with Gasteiger partial charge in [0.25, 0.3) is 0 Å². The minimum atomic E-state index is -0.265. The second-order valence-electron chi connectivity index (χ2n) is 6.13. The van der Waals surface area contributed by atoms with Crippen molar-refractivity contribution in [3.63, 3.8) is 0 Å². The largest absolute Gasteiger partial charge is 0.348 e. The lowest BCUT2D eigenvalue weighted by molar-refractivity contribution is -0.119. The molecule has 0 aliphatic rings. The second-order valence-corrected chi connectivity index (χ2v) is 7.18. The van der Waals surface area contributed by atoms with Gasteiger partial charge < -0.3 is 5.32 Å². The Hall–Kier alpha value is -1.81. The lowest BCUT2D eigenvalue weighted by Gasteiger charge is -2.23. The highest BCUT2D eigenvalue weighted by Crippen LogP contribution is 2.23. The lowest BCUT2D eigenvalue weighted by Crippen LogP contribution is -2.33. The molecule has 2 rings (SSSR count). The van der Waals surface area contributed by atoms with Gasteiger partial charge in [-0.25, -0.2) is 4.39 Å². The Bertz CT molecular complexity index is 652. The van der Waals surface area contributed by atoms with Gasteiger partial charge in [0.1, 0.15) is 5.82 Å². The van der Waals surface area contributed by atoms with Crippen LogP contribution >= 0.6 is 11.8 Å². The third-order valence-corrected chi connectivity index (χ3v) is 4.93. The van der Waals surface area contributed by atoms with Gasteiger partial charge >= 0.3 is 0 Å². The fourth-order valence-electron chi connectivity index (χ4n) is 2.49. The quantitative estimate of drug-likeness (QED) is 0.716. The number of thioether (sulfide) groups is 1. The first kappa shape index (κ1) is 18.5. The maximum Gasteiger partial charge on any atom is 0.230 e. The van der Waals surface area contributed by atoms with Crippen LogP contribution in [0, 0.1) is 11.7 Å². The van der Waals surface area contributed by atoms with Crippen LogP contribution in [0.5, 0.6) is 0 Å². The minimum absolute atomic E-state index is 0.00257. The number of aryl methyl sites for hydroxylation is 1. The molecule has 4 heteroatoms. The van der Waals surface area contributed by atoms with Crippen molar-refractivity contribution in [3.05, 3.63) is 65.5 Å². The summed E-state index contributed by atoms with van der Waals surface area (Å²) in [5, 5.41) is 3.12. The van der Waals surface area contributed by atoms with Gasteiger partial charge in [0.15, 0.2) is 0 Å². The molecule has 2 aromatic rings. The van der Waals surface area contributed by atoms with Crippen molar-refractivity contribution in [1.82, 2.24) is 5.32 Å². The summed E-state index contributed by atoms with van der Waals surface area (Å²) in [6, 6.07) is 14.6. The zero-order valence-corrected chi connectivity index (χ0v) is 15.2. The summed E-state index contributed by atoms with van der Waals surface area (Å²) in [6.45, 7) is 6.33. The number of hydrogen-bond acceptors (Lipinski definition) is 2. The standard InChI is InChI=1S/C20H24FNOS/c1-4-15-5-7-16(8-6-15)20(14(2)3)22-19(23)13-24-18-11-9-17(21)10-12-18/h5-12,14,20H,4,13H2,1-3H3,(H,22,23). The first-order valence-electron chi connectivity index (χ1n) is 8.26. The van der Waals surface area contributed by atoms with Crippen molar-refractivity contribution in [2.75, 3.05) is 5.75 Å². The van der Waals surface area contributed by atoms with Crippen molar-refractivity contribution in [3.8, 4) is 0 Å². The second kappa shape index (κ2) is 8.88. The minimum Gasteiger partial charge on any atom is -0.348 e. The molecule has 0 saturated carbocycles. The van der Waals surface area contributed by atoms with Gasteiger partial charge in [0, 0.05) is 4.90 Å².